The Labute approximate surface area is 121 Å². The normalized spacial score (nSPS) is 10.4. The number of anilines is 2. The Balaban J connectivity index is 2.24. The minimum Gasteiger partial charge on any atom is -0.374 e. The van der Waals surface area contributed by atoms with Crippen molar-refractivity contribution in [2.24, 2.45) is 0 Å². The van der Waals surface area contributed by atoms with Gasteiger partial charge in [0.05, 0.1) is 20.8 Å². The molecular formula is C9H5Cl3N4OS. The molecule has 1 heterocycles. The highest BCUT2D eigenvalue weighted by Crippen LogP contribution is 2.32. The van der Waals surface area contributed by atoms with E-state index in [9.17, 15) is 4.79 Å². The van der Waals surface area contributed by atoms with E-state index in [1.807, 2.05) is 0 Å². The minimum atomic E-state index is -0.468. The number of nitrogens with two attached hydrogens (primary N) is 1. The largest absolute Gasteiger partial charge is 0.374 e. The topological polar surface area (TPSA) is 80.9 Å². The number of nitrogen functional groups attached to an aromatic ring is 1. The van der Waals surface area contributed by atoms with Crippen LogP contribution in [0.4, 0.5) is 10.8 Å². The zero-order valence-electron chi connectivity index (χ0n) is 8.58. The van der Waals surface area contributed by atoms with E-state index in [-0.39, 0.29) is 20.2 Å². The molecule has 0 bridgehead atoms. The maximum Gasteiger partial charge on any atom is 0.286 e. The van der Waals surface area contributed by atoms with Gasteiger partial charge in [0, 0.05) is 0 Å². The maximum atomic E-state index is 11.8. The van der Waals surface area contributed by atoms with Crippen LogP contribution >= 0.6 is 46.1 Å². The number of aromatic nitrogens is 2. The summed E-state index contributed by atoms with van der Waals surface area (Å²) in [7, 11) is 0. The minimum absolute atomic E-state index is 0.134. The van der Waals surface area contributed by atoms with Gasteiger partial charge in [-0.2, -0.15) is 0 Å². The van der Waals surface area contributed by atoms with E-state index in [1.165, 1.54) is 12.1 Å². The van der Waals surface area contributed by atoms with Crippen molar-refractivity contribution in [1.82, 2.24) is 10.2 Å². The molecule has 3 N–H and O–H groups in total. The summed E-state index contributed by atoms with van der Waals surface area (Å²) in [5, 5.41) is 10.9. The first kappa shape index (κ1) is 13.4. The van der Waals surface area contributed by atoms with Crippen LogP contribution in [-0.4, -0.2) is 16.1 Å². The SMILES string of the molecule is Nc1nnc(C(=O)Nc2cc(Cl)c(Cl)cc2Cl)s1. The molecule has 0 fully saturated rings. The third-order valence-electron chi connectivity index (χ3n) is 1.89. The van der Waals surface area contributed by atoms with Crippen LogP contribution in [0.15, 0.2) is 12.1 Å². The van der Waals surface area contributed by atoms with Gasteiger partial charge in [0.2, 0.25) is 10.1 Å². The van der Waals surface area contributed by atoms with Crippen molar-refractivity contribution < 1.29 is 4.79 Å². The first-order chi connectivity index (χ1) is 8.47. The second kappa shape index (κ2) is 5.27. The van der Waals surface area contributed by atoms with Gasteiger partial charge in [-0.1, -0.05) is 46.1 Å². The molecule has 0 saturated heterocycles. The molecule has 5 nitrogen and oxygen atoms in total. The first-order valence-electron chi connectivity index (χ1n) is 4.52. The summed E-state index contributed by atoms with van der Waals surface area (Å²) in [4.78, 5) is 11.8. The fourth-order valence-corrected chi connectivity index (χ4v) is 2.22. The van der Waals surface area contributed by atoms with Gasteiger partial charge in [-0.3, -0.25) is 4.79 Å². The van der Waals surface area contributed by atoms with Gasteiger partial charge in [0.1, 0.15) is 0 Å². The molecule has 0 radical (unpaired) electrons. The van der Waals surface area contributed by atoms with Crippen molar-refractivity contribution in [3.05, 3.63) is 32.2 Å². The number of carbonyl (C=O) groups excluding carboxylic acids is 1. The number of rotatable bonds is 2. The maximum absolute atomic E-state index is 11.8. The summed E-state index contributed by atoms with van der Waals surface area (Å²) in [6, 6.07) is 2.89. The standard InChI is InChI=1S/C9H5Cl3N4OS/c10-3-1-5(12)6(2-4(3)11)14-7(17)8-15-16-9(13)18-8/h1-2H,(H2,13,16)(H,14,17). The van der Waals surface area contributed by atoms with Crippen molar-refractivity contribution in [3.8, 4) is 0 Å². The monoisotopic (exact) mass is 322 g/mol. The third-order valence-corrected chi connectivity index (χ3v) is 3.68. The van der Waals surface area contributed by atoms with Gasteiger partial charge in [-0.15, -0.1) is 10.2 Å². The molecule has 1 aromatic carbocycles. The predicted octanol–water partition coefficient (Wildman–Crippen LogP) is 3.33. The van der Waals surface area contributed by atoms with E-state index in [0.29, 0.717) is 10.7 Å². The van der Waals surface area contributed by atoms with E-state index in [0.717, 1.165) is 11.3 Å². The number of amides is 1. The van der Waals surface area contributed by atoms with Gasteiger partial charge >= 0.3 is 0 Å². The number of hydrogen-bond donors (Lipinski definition) is 2. The van der Waals surface area contributed by atoms with Gasteiger partial charge in [-0.05, 0) is 12.1 Å². The number of benzene rings is 1. The summed E-state index contributed by atoms with van der Waals surface area (Å²) in [6.45, 7) is 0. The molecule has 0 aliphatic carbocycles. The van der Waals surface area contributed by atoms with Gasteiger partial charge in [0.15, 0.2) is 0 Å². The summed E-state index contributed by atoms with van der Waals surface area (Å²) in [6.07, 6.45) is 0. The fourth-order valence-electron chi connectivity index (χ4n) is 1.12. The number of carbonyl (C=O) groups is 1. The van der Waals surface area contributed by atoms with E-state index >= 15 is 0 Å². The van der Waals surface area contributed by atoms with Crippen molar-refractivity contribution in [1.29, 1.82) is 0 Å². The number of halogens is 3. The highest BCUT2D eigenvalue weighted by molar-refractivity contribution is 7.17. The Morgan fingerprint density at radius 1 is 1.17 bits per heavy atom. The Hall–Kier alpha value is -1.08. The van der Waals surface area contributed by atoms with Crippen LogP contribution < -0.4 is 11.1 Å². The van der Waals surface area contributed by atoms with Crippen molar-refractivity contribution in [2.45, 2.75) is 0 Å². The Bertz CT molecular complexity index is 616. The van der Waals surface area contributed by atoms with Crippen molar-refractivity contribution in [3.63, 3.8) is 0 Å². The molecule has 1 amide bonds. The van der Waals surface area contributed by atoms with Crippen LogP contribution in [0, 0.1) is 0 Å². The number of nitrogens with zero attached hydrogens (tertiary/aromatic N) is 2. The molecule has 0 aliphatic heterocycles. The van der Waals surface area contributed by atoms with Crippen LogP contribution in [0.25, 0.3) is 0 Å². The zero-order valence-corrected chi connectivity index (χ0v) is 11.7. The Morgan fingerprint density at radius 2 is 1.83 bits per heavy atom. The smallest absolute Gasteiger partial charge is 0.286 e. The second-order valence-electron chi connectivity index (χ2n) is 3.15. The lowest BCUT2D eigenvalue weighted by Crippen LogP contribution is -2.12. The molecule has 0 saturated carbocycles. The summed E-state index contributed by atoms with van der Waals surface area (Å²) in [5.74, 6) is -0.468. The predicted molar refractivity (Wildman–Crippen MR) is 73.7 cm³/mol. The molecule has 2 rings (SSSR count). The molecule has 18 heavy (non-hydrogen) atoms. The Kier molecular flexibility index (Phi) is 3.91. The van der Waals surface area contributed by atoms with E-state index in [2.05, 4.69) is 15.5 Å². The lowest BCUT2D eigenvalue weighted by molar-refractivity contribution is 0.102. The highest BCUT2D eigenvalue weighted by Gasteiger charge is 2.14. The van der Waals surface area contributed by atoms with Crippen LogP contribution in [-0.2, 0) is 0 Å². The van der Waals surface area contributed by atoms with Crippen LogP contribution in [0.2, 0.25) is 15.1 Å². The molecule has 0 spiro atoms. The quantitative estimate of drug-likeness (QED) is 0.831. The highest BCUT2D eigenvalue weighted by atomic mass is 35.5. The average Bonchev–Trinajstić information content (AvgIpc) is 2.73. The number of nitrogens with one attached hydrogen (secondary N) is 1. The van der Waals surface area contributed by atoms with Crippen LogP contribution in [0.3, 0.4) is 0 Å². The van der Waals surface area contributed by atoms with E-state index in [4.69, 9.17) is 40.5 Å². The van der Waals surface area contributed by atoms with Gasteiger partial charge in [-0.25, -0.2) is 0 Å². The molecule has 0 atom stereocenters. The van der Waals surface area contributed by atoms with Crippen LogP contribution in [0.1, 0.15) is 9.80 Å². The molecule has 94 valence electrons. The molecule has 0 aliphatic rings. The van der Waals surface area contributed by atoms with E-state index in [1.54, 1.807) is 0 Å². The fraction of sp³-hybridized carbons (Fsp3) is 0. The molecule has 2 aromatic rings. The third kappa shape index (κ3) is 2.84. The molecule has 1 aromatic heterocycles. The average molecular weight is 324 g/mol. The van der Waals surface area contributed by atoms with Crippen molar-refractivity contribution >= 4 is 62.9 Å². The van der Waals surface area contributed by atoms with Gasteiger partial charge < -0.3 is 11.1 Å². The summed E-state index contributed by atoms with van der Waals surface area (Å²) >= 11 is 18.5. The van der Waals surface area contributed by atoms with Crippen LogP contribution in [0.5, 0.6) is 0 Å². The molecular weight excluding hydrogens is 319 g/mol. The Morgan fingerprint density at radius 3 is 2.44 bits per heavy atom. The second-order valence-corrected chi connectivity index (χ2v) is 5.38. The molecule has 0 unspecified atom stereocenters. The van der Waals surface area contributed by atoms with Crippen molar-refractivity contribution in [2.75, 3.05) is 11.1 Å². The van der Waals surface area contributed by atoms with E-state index < -0.39 is 5.91 Å². The first-order valence-corrected chi connectivity index (χ1v) is 6.47. The zero-order chi connectivity index (χ0) is 13.3. The summed E-state index contributed by atoms with van der Waals surface area (Å²) < 4.78 is 0. The molecule has 9 heteroatoms. The lowest BCUT2D eigenvalue weighted by Gasteiger charge is -2.06. The summed E-state index contributed by atoms with van der Waals surface area (Å²) in [5.41, 5.74) is 5.72. The van der Waals surface area contributed by atoms with Gasteiger partial charge in [0.25, 0.3) is 5.91 Å². The lowest BCUT2D eigenvalue weighted by atomic mass is 10.3. The number of hydrogen-bond acceptors (Lipinski definition) is 5.